The van der Waals surface area contributed by atoms with Gasteiger partial charge < -0.3 is 15.0 Å². The molecule has 4 nitrogen and oxygen atoms in total. The van der Waals surface area contributed by atoms with Crippen LogP contribution in [0.15, 0.2) is 72.8 Å². The van der Waals surface area contributed by atoms with Gasteiger partial charge in [0.15, 0.2) is 0 Å². The van der Waals surface area contributed by atoms with Crippen molar-refractivity contribution in [1.82, 2.24) is 9.88 Å². The number of aromatic carboxylic acids is 1. The van der Waals surface area contributed by atoms with E-state index < -0.39 is 5.97 Å². The SMILES string of the molecule is Cc1ccc(Cn2c(C(=O)O)c(CNCc3cccc(Cl)c3)c3ccccc32)cc1. The zero-order valence-electron chi connectivity index (χ0n) is 16.7. The van der Waals surface area contributed by atoms with Gasteiger partial charge >= 0.3 is 5.97 Å². The summed E-state index contributed by atoms with van der Waals surface area (Å²) in [4.78, 5) is 12.3. The van der Waals surface area contributed by atoms with Crippen LogP contribution in [-0.2, 0) is 19.6 Å². The molecule has 0 saturated carbocycles. The Morgan fingerprint density at radius 3 is 2.47 bits per heavy atom. The molecule has 0 saturated heterocycles. The van der Waals surface area contributed by atoms with Crippen molar-refractivity contribution < 1.29 is 9.90 Å². The topological polar surface area (TPSA) is 54.3 Å². The van der Waals surface area contributed by atoms with Crippen LogP contribution in [0.25, 0.3) is 10.9 Å². The summed E-state index contributed by atoms with van der Waals surface area (Å²) < 4.78 is 1.90. The second-order valence-corrected chi connectivity index (χ2v) is 7.89. The van der Waals surface area contributed by atoms with E-state index in [-0.39, 0.29) is 0 Å². The number of carbonyl (C=O) groups is 1. The maximum Gasteiger partial charge on any atom is 0.352 e. The van der Waals surface area contributed by atoms with E-state index in [0.29, 0.717) is 30.4 Å². The fourth-order valence-electron chi connectivity index (χ4n) is 3.82. The van der Waals surface area contributed by atoms with Crippen LogP contribution in [0.1, 0.15) is 32.7 Å². The summed E-state index contributed by atoms with van der Waals surface area (Å²) >= 11 is 6.07. The lowest BCUT2D eigenvalue weighted by Gasteiger charge is -2.10. The molecule has 0 amide bonds. The lowest BCUT2D eigenvalue weighted by Crippen LogP contribution is -2.17. The molecule has 30 heavy (non-hydrogen) atoms. The monoisotopic (exact) mass is 418 g/mol. The molecule has 0 bridgehead atoms. The number of halogens is 1. The summed E-state index contributed by atoms with van der Waals surface area (Å²) in [6, 6.07) is 23.7. The standard InChI is InChI=1S/C25H23ClN2O2/c1-17-9-11-18(12-10-17)16-28-23-8-3-2-7-21(23)22(24(28)25(29)30)15-27-14-19-5-4-6-20(26)13-19/h2-13,27H,14-16H2,1H3,(H,29,30). The van der Waals surface area contributed by atoms with Crippen molar-refractivity contribution in [3.63, 3.8) is 0 Å². The Bertz CT molecular complexity index is 1200. The van der Waals surface area contributed by atoms with Crippen molar-refractivity contribution >= 4 is 28.5 Å². The van der Waals surface area contributed by atoms with Crippen molar-refractivity contribution in [2.45, 2.75) is 26.6 Å². The lowest BCUT2D eigenvalue weighted by molar-refractivity contribution is 0.0685. The predicted molar refractivity (Wildman–Crippen MR) is 121 cm³/mol. The van der Waals surface area contributed by atoms with Gasteiger partial charge in [-0.1, -0.05) is 71.8 Å². The number of carboxylic acid groups (broad SMARTS) is 1. The summed E-state index contributed by atoms with van der Waals surface area (Å²) in [5, 5.41) is 15.1. The van der Waals surface area contributed by atoms with Crippen LogP contribution >= 0.6 is 11.6 Å². The second-order valence-electron chi connectivity index (χ2n) is 7.45. The number of hydrogen-bond acceptors (Lipinski definition) is 2. The minimum atomic E-state index is -0.919. The van der Waals surface area contributed by atoms with Gasteiger partial charge in [0.1, 0.15) is 5.69 Å². The van der Waals surface area contributed by atoms with E-state index in [9.17, 15) is 9.90 Å². The highest BCUT2D eigenvalue weighted by molar-refractivity contribution is 6.30. The number of nitrogens with zero attached hydrogens (tertiary/aromatic N) is 1. The van der Waals surface area contributed by atoms with Gasteiger partial charge in [-0.05, 0) is 36.2 Å². The van der Waals surface area contributed by atoms with Crippen LogP contribution < -0.4 is 5.32 Å². The largest absolute Gasteiger partial charge is 0.477 e. The smallest absolute Gasteiger partial charge is 0.352 e. The van der Waals surface area contributed by atoms with E-state index in [1.54, 1.807) is 0 Å². The molecule has 5 heteroatoms. The average molecular weight is 419 g/mol. The summed E-state index contributed by atoms with van der Waals surface area (Å²) in [5.74, 6) is -0.919. The Balaban J connectivity index is 1.68. The van der Waals surface area contributed by atoms with Crippen molar-refractivity contribution in [2.24, 2.45) is 0 Å². The van der Waals surface area contributed by atoms with E-state index in [2.05, 4.69) is 17.4 Å². The minimum Gasteiger partial charge on any atom is -0.477 e. The zero-order chi connectivity index (χ0) is 21.1. The molecule has 0 aliphatic carbocycles. The van der Waals surface area contributed by atoms with E-state index in [4.69, 9.17) is 11.6 Å². The summed E-state index contributed by atoms with van der Waals surface area (Å²) in [7, 11) is 0. The highest BCUT2D eigenvalue weighted by Gasteiger charge is 2.22. The van der Waals surface area contributed by atoms with Crippen LogP contribution in [0.4, 0.5) is 0 Å². The number of aromatic nitrogens is 1. The molecule has 4 rings (SSSR count). The van der Waals surface area contributed by atoms with E-state index >= 15 is 0 Å². The van der Waals surface area contributed by atoms with Gasteiger partial charge in [0.05, 0.1) is 0 Å². The number of hydrogen-bond donors (Lipinski definition) is 2. The molecule has 0 aliphatic heterocycles. The number of nitrogens with one attached hydrogen (secondary N) is 1. The average Bonchev–Trinajstić information content (AvgIpc) is 3.04. The zero-order valence-corrected chi connectivity index (χ0v) is 17.5. The number of aryl methyl sites for hydroxylation is 1. The maximum atomic E-state index is 12.3. The van der Waals surface area contributed by atoms with Gasteiger partial charge in [0.2, 0.25) is 0 Å². The Labute approximate surface area is 180 Å². The summed E-state index contributed by atoms with van der Waals surface area (Å²) in [5.41, 5.74) is 5.36. The molecule has 0 spiro atoms. The molecule has 0 aliphatic rings. The lowest BCUT2D eigenvalue weighted by atomic mass is 10.1. The number of rotatable bonds is 7. The van der Waals surface area contributed by atoms with Crippen LogP contribution in [0, 0.1) is 6.92 Å². The molecule has 0 unspecified atom stereocenters. The van der Waals surface area contributed by atoms with Crippen LogP contribution in [0.3, 0.4) is 0 Å². The van der Waals surface area contributed by atoms with Gasteiger partial charge in [0, 0.05) is 41.1 Å². The third kappa shape index (κ3) is 4.25. The first-order valence-electron chi connectivity index (χ1n) is 9.87. The quantitative estimate of drug-likeness (QED) is 0.408. The summed E-state index contributed by atoms with van der Waals surface area (Å²) in [6.07, 6.45) is 0. The number of carboxylic acids is 1. The highest BCUT2D eigenvalue weighted by atomic mass is 35.5. The van der Waals surface area contributed by atoms with E-state index in [0.717, 1.165) is 27.6 Å². The molecule has 4 aromatic rings. The number of fused-ring (bicyclic) bond motifs is 1. The fourth-order valence-corrected chi connectivity index (χ4v) is 4.03. The Hall–Kier alpha value is -3.08. The van der Waals surface area contributed by atoms with Gasteiger partial charge in [-0.2, -0.15) is 0 Å². The third-order valence-electron chi connectivity index (χ3n) is 5.26. The Morgan fingerprint density at radius 1 is 0.967 bits per heavy atom. The molecule has 1 aromatic heterocycles. The van der Waals surface area contributed by atoms with Crippen LogP contribution in [0.5, 0.6) is 0 Å². The minimum absolute atomic E-state index is 0.329. The van der Waals surface area contributed by atoms with Crippen molar-refractivity contribution in [3.05, 3.63) is 106 Å². The van der Waals surface area contributed by atoms with Gasteiger partial charge in [-0.25, -0.2) is 4.79 Å². The van der Waals surface area contributed by atoms with Crippen molar-refractivity contribution in [1.29, 1.82) is 0 Å². The molecule has 1 heterocycles. The van der Waals surface area contributed by atoms with Crippen LogP contribution in [0.2, 0.25) is 5.02 Å². The molecule has 3 aromatic carbocycles. The second kappa shape index (κ2) is 8.74. The molecule has 152 valence electrons. The molecular weight excluding hydrogens is 396 g/mol. The van der Waals surface area contributed by atoms with E-state index in [1.807, 2.05) is 72.2 Å². The molecule has 0 fully saturated rings. The van der Waals surface area contributed by atoms with Gasteiger partial charge in [-0.3, -0.25) is 0 Å². The Morgan fingerprint density at radius 2 is 1.73 bits per heavy atom. The molecular formula is C25H23ClN2O2. The normalized spacial score (nSPS) is 11.1. The first-order chi connectivity index (χ1) is 14.5. The molecule has 0 atom stereocenters. The fraction of sp³-hybridized carbons (Fsp3) is 0.160. The van der Waals surface area contributed by atoms with Crippen LogP contribution in [-0.4, -0.2) is 15.6 Å². The number of benzene rings is 3. The highest BCUT2D eigenvalue weighted by Crippen LogP contribution is 2.28. The maximum absolute atomic E-state index is 12.3. The van der Waals surface area contributed by atoms with E-state index in [1.165, 1.54) is 5.56 Å². The molecule has 2 N–H and O–H groups in total. The van der Waals surface area contributed by atoms with Crippen molar-refractivity contribution in [2.75, 3.05) is 0 Å². The van der Waals surface area contributed by atoms with Crippen molar-refractivity contribution in [3.8, 4) is 0 Å². The predicted octanol–water partition coefficient (Wildman–Crippen LogP) is 5.64. The molecule has 0 radical (unpaired) electrons. The summed E-state index contributed by atoms with van der Waals surface area (Å²) in [6.45, 7) is 3.62. The number of para-hydroxylation sites is 1. The first kappa shape index (κ1) is 20.2. The third-order valence-corrected chi connectivity index (χ3v) is 5.49. The first-order valence-corrected chi connectivity index (χ1v) is 10.2. The van der Waals surface area contributed by atoms with Gasteiger partial charge in [0.25, 0.3) is 0 Å². The Kier molecular flexibility index (Phi) is 5.88. The van der Waals surface area contributed by atoms with Gasteiger partial charge in [-0.15, -0.1) is 0 Å².